The van der Waals surface area contributed by atoms with Crippen LogP contribution in [0.5, 0.6) is 11.5 Å². The van der Waals surface area contributed by atoms with Crippen molar-refractivity contribution in [3.8, 4) is 11.5 Å². The summed E-state index contributed by atoms with van der Waals surface area (Å²) in [5.41, 5.74) is 0.522. The van der Waals surface area contributed by atoms with Gasteiger partial charge in [-0.1, -0.05) is 76.5 Å². The van der Waals surface area contributed by atoms with E-state index in [2.05, 4.69) is 6.92 Å². The van der Waals surface area contributed by atoms with Gasteiger partial charge in [0.05, 0.1) is 5.56 Å². The van der Waals surface area contributed by atoms with Gasteiger partial charge in [0, 0.05) is 0 Å². The number of allylic oxidation sites excluding steroid dienone is 1. The Bertz CT molecular complexity index is 390. The lowest BCUT2D eigenvalue weighted by Gasteiger charge is -2.02. The van der Waals surface area contributed by atoms with E-state index in [0.717, 1.165) is 6.42 Å². The monoisotopic (exact) mass is 290 g/mol. The van der Waals surface area contributed by atoms with Gasteiger partial charge in [0.1, 0.15) is 11.5 Å². The standard InChI is InChI=1S/C19H30O2/c1-2-3-4-5-6-7-8-9-10-11-12-14-17-18(20)15-13-16-19(17)21/h12-16,20-21H,2-11H2,1H3. The largest absolute Gasteiger partial charge is 0.507 e. The zero-order valence-corrected chi connectivity index (χ0v) is 13.4. The van der Waals surface area contributed by atoms with Gasteiger partial charge in [-0.05, 0) is 25.0 Å². The fourth-order valence-electron chi connectivity index (χ4n) is 2.49. The summed E-state index contributed by atoms with van der Waals surface area (Å²) in [6, 6.07) is 4.83. The molecular formula is C19H30O2. The second-order valence-electron chi connectivity index (χ2n) is 5.73. The molecule has 21 heavy (non-hydrogen) atoms. The Hall–Kier alpha value is -1.44. The zero-order valence-electron chi connectivity index (χ0n) is 13.4. The molecule has 2 nitrogen and oxygen atoms in total. The third-order valence-electron chi connectivity index (χ3n) is 3.82. The highest BCUT2D eigenvalue weighted by Crippen LogP contribution is 2.27. The van der Waals surface area contributed by atoms with Gasteiger partial charge in [0.2, 0.25) is 0 Å². The van der Waals surface area contributed by atoms with E-state index in [9.17, 15) is 10.2 Å². The van der Waals surface area contributed by atoms with Gasteiger partial charge in [-0.3, -0.25) is 0 Å². The van der Waals surface area contributed by atoms with Crippen molar-refractivity contribution >= 4 is 6.08 Å². The van der Waals surface area contributed by atoms with Crippen molar-refractivity contribution in [1.29, 1.82) is 0 Å². The SMILES string of the molecule is CCCCCCCCCCCC=Cc1c(O)cccc1O. The third-order valence-corrected chi connectivity index (χ3v) is 3.82. The molecule has 0 saturated heterocycles. The van der Waals surface area contributed by atoms with Crippen molar-refractivity contribution in [1.82, 2.24) is 0 Å². The summed E-state index contributed by atoms with van der Waals surface area (Å²) < 4.78 is 0. The van der Waals surface area contributed by atoms with Crippen LogP contribution in [0.2, 0.25) is 0 Å². The topological polar surface area (TPSA) is 40.5 Å². The molecule has 0 amide bonds. The van der Waals surface area contributed by atoms with Crippen LogP contribution in [0.3, 0.4) is 0 Å². The third kappa shape index (κ3) is 7.79. The van der Waals surface area contributed by atoms with Gasteiger partial charge in [-0.15, -0.1) is 0 Å². The lowest BCUT2D eigenvalue weighted by Crippen LogP contribution is -1.81. The summed E-state index contributed by atoms with van der Waals surface area (Å²) in [4.78, 5) is 0. The van der Waals surface area contributed by atoms with E-state index in [1.165, 1.54) is 57.8 Å². The molecule has 0 heterocycles. The number of benzene rings is 1. The molecule has 1 rings (SSSR count). The van der Waals surface area contributed by atoms with E-state index in [1.807, 2.05) is 12.2 Å². The van der Waals surface area contributed by atoms with E-state index in [-0.39, 0.29) is 11.5 Å². The Kier molecular flexibility index (Phi) is 9.43. The van der Waals surface area contributed by atoms with Crippen LogP contribution in [0.15, 0.2) is 24.3 Å². The molecular weight excluding hydrogens is 260 g/mol. The maximum absolute atomic E-state index is 9.64. The maximum Gasteiger partial charge on any atom is 0.126 e. The molecule has 0 aliphatic heterocycles. The summed E-state index contributed by atoms with van der Waals surface area (Å²) in [5, 5.41) is 19.3. The second kappa shape index (κ2) is 11.2. The Balaban J connectivity index is 2.05. The van der Waals surface area contributed by atoms with Gasteiger partial charge in [-0.2, -0.15) is 0 Å². The zero-order chi connectivity index (χ0) is 15.3. The fraction of sp³-hybridized carbons (Fsp3) is 0.579. The summed E-state index contributed by atoms with van der Waals surface area (Å²) in [7, 11) is 0. The van der Waals surface area contributed by atoms with Crippen LogP contribution in [0, 0.1) is 0 Å². The molecule has 1 aromatic carbocycles. The number of phenolic OH excluding ortho intramolecular Hbond substituents is 2. The molecule has 0 aliphatic carbocycles. The maximum atomic E-state index is 9.64. The first-order valence-corrected chi connectivity index (χ1v) is 8.43. The smallest absolute Gasteiger partial charge is 0.126 e. The van der Waals surface area contributed by atoms with Crippen molar-refractivity contribution in [2.45, 2.75) is 71.1 Å². The molecule has 118 valence electrons. The summed E-state index contributed by atoms with van der Waals surface area (Å²) in [5.74, 6) is 0.275. The van der Waals surface area contributed by atoms with Gasteiger partial charge in [-0.25, -0.2) is 0 Å². The Labute approximate surface area is 129 Å². The molecule has 0 radical (unpaired) electrons. The number of hydrogen-bond acceptors (Lipinski definition) is 2. The molecule has 0 unspecified atom stereocenters. The minimum atomic E-state index is 0.137. The second-order valence-corrected chi connectivity index (χ2v) is 5.73. The average molecular weight is 290 g/mol. The molecule has 2 heteroatoms. The number of unbranched alkanes of at least 4 members (excludes halogenated alkanes) is 9. The Morgan fingerprint density at radius 2 is 1.33 bits per heavy atom. The Morgan fingerprint density at radius 3 is 1.90 bits per heavy atom. The van der Waals surface area contributed by atoms with Gasteiger partial charge in [0.15, 0.2) is 0 Å². The molecule has 1 aromatic rings. The molecule has 0 atom stereocenters. The highest BCUT2D eigenvalue weighted by molar-refractivity contribution is 5.63. The van der Waals surface area contributed by atoms with Gasteiger partial charge < -0.3 is 10.2 Å². The molecule has 0 aromatic heterocycles. The van der Waals surface area contributed by atoms with E-state index < -0.39 is 0 Å². The molecule has 2 N–H and O–H groups in total. The Morgan fingerprint density at radius 1 is 0.810 bits per heavy atom. The highest BCUT2D eigenvalue weighted by atomic mass is 16.3. The van der Waals surface area contributed by atoms with E-state index in [4.69, 9.17) is 0 Å². The number of phenols is 2. The number of rotatable bonds is 11. The van der Waals surface area contributed by atoms with Crippen LogP contribution in [-0.4, -0.2) is 10.2 Å². The predicted octanol–water partition coefficient (Wildman–Crippen LogP) is 6.03. The minimum absolute atomic E-state index is 0.137. The summed E-state index contributed by atoms with van der Waals surface area (Å²) in [6.45, 7) is 2.25. The van der Waals surface area contributed by atoms with Crippen molar-refractivity contribution < 1.29 is 10.2 Å². The number of aromatic hydroxyl groups is 2. The van der Waals surface area contributed by atoms with Gasteiger partial charge >= 0.3 is 0 Å². The van der Waals surface area contributed by atoms with Crippen molar-refractivity contribution in [2.75, 3.05) is 0 Å². The fourth-order valence-corrected chi connectivity index (χ4v) is 2.49. The normalized spacial score (nSPS) is 11.3. The number of hydrogen-bond donors (Lipinski definition) is 2. The molecule has 0 saturated carbocycles. The molecule has 0 spiro atoms. The lowest BCUT2D eigenvalue weighted by atomic mass is 10.1. The van der Waals surface area contributed by atoms with Gasteiger partial charge in [0.25, 0.3) is 0 Å². The highest BCUT2D eigenvalue weighted by Gasteiger charge is 2.01. The molecule has 0 aliphatic rings. The first-order chi connectivity index (χ1) is 10.3. The lowest BCUT2D eigenvalue weighted by molar-refractivity contribution is 0.448. The minimum Gasteiger partial charge on any atom is -0.507 e. The van der Waals surface area contributed by atoms with Crippen LogP contribution in [0.4, 0.5) is 0 Å². The van der Waals surface area contributed by atoms with Crippen LogP contribution in [-0.2, 0) is 0 Å². The average Bonchev–Trinajstić information content (AvgIpc) is 2.47. The first-order valence-electron chi connectivity index (χ1n) is 8.43. The summed E-state index contributed by atoms with van der Waals surface area (Å²) >= 11 is 0. The van der Waals surface area contributed by atoms with Crippen LogP contribution >= 0.6 is 0 Å². The molecule has 0 fully saturated rings. The summed E-state index contributed by atoms with van der Waals surface area (Å²) in [6.07, 6.45) is 16.8. The quantitative estimate of drug-likeness (QED) is 0.488. The van der Waals surface area contributed by atoms with Crippen molar-refractivity contribution in [2.24, 2.45) is 0 Å². The molecule has 0 bridgehead atoms. The van der Waals surface area contributed by atoms with Crippen molar-refractivity contribution in [3.05, 3.63) is 29.8 Å². The van der Waals surface area contributed by atoms with E-state index in [0.29, 0.717) is 5.56 Å². The van der Waals surface area contributed by atoms with Crippen LogP contribution < -0.4 is 0 Å². The van der Waals surface area contributed by atoms with E-state index >= 15 is 0 Å². The van der Waals surface area contributed by atoms with Crippen LogP contribution in [0.25, 0.3) is 6.08 Å². The van der Waals surface area contributed by atoms with Crippen molar-refractivity contribution in [3.63, 3.8) is 0 Å². The predicted molar refractivity (Wildman–Crippen MR) is 90.6 cm³/mol. The first kappa shape index (κ1) is 17.6. The van der Waals surface area contributed by atoms with E-state index in [1.54, 1.807) is 18.2 Å². The van der Waals surface area contributed by atoms with Crippen LogP contribution in [0.1, 0.15) is 76.7 Å².